The van der Waals surface area contributed by atoms with Crippen molar-refractivity contribution in [3.63, 3.8) is 0 Å². The molecule has 5 rings (SSSR count). The molecule has 0 bridgehead atoms. The van der Waals surface area contributed by atoms with Crippen LogP contribution in [-0.4, -0.2) is 23.1 Å². The highest BCUT2D eigenvalue weighted by molar-refractivity contribution is 7.07. The number of halogens is 1. The Bertz CT molecular complexity index is 1850. The van der Waals surface area contributed by atoms with Crippen LogP contribution in [0.25, 0.3) is 17.4 Å². The summed E-state index contributed by atoms with van der Waals surface area (Å²) in [6.07, 6.45) is 3.10. The van der Waals surface area contributed by atoms with Crippen LogP contribution in [0.3, 0.4) is 0 Å². The molecule has 40 heavy (non-hydrogen) atoms. The van der Waals surface area contributed by atoms with Crippen molar-refractivity contribution in [2.75, 3.05) is 6.61 Å². The van der Waals surface area contributed by atoms with Gasteiger partial charge in [0, 0.05) is 18.6 Å². The highest BCUT2D eigenvalue weighted by atomic mass is 35.5. The predicted molar refractivity (Wildman–Crippen MR) is 152 cm³/mol. The van der Waals surface area contributed by atoms with Crippen molar-refractivity contribution in [2.45, 2.75) is 19.9 Å². The van der Waals surface area contributed by atoms with Gasteiger partial charge in [-0.1, -0.05) is 59.9 Å². The Kier molecular flexibility index (Phi) is 7.68. The fourth-order valence-corrected chi connectivity index (χ4v) is 5.62. The van der Waals surface area contributed by atoms with Crippen LogP contribution in [0, 0.1) is 0 Å². The largest absolute Gasteiger partial charge is 0.458 e. The SMILES string of the molecule is C=CCOC(=O)C1=C(C)N=c2s/c(=C\c3ccc(-c4ccccc4Cl)o3)c(=O)n2C1c1ccc(OC(C)=O)cc1. The molecule has 0 amide bonds. The zero-order chi connectivity index (χ0) is 28.4. The number of ether oxygens (including phenoxy) is 2. The number of aromatic nitrogens is 1. The van der Waals surface area contributed by atoms with Crippen LogP contribution in [0.5, 0.6) is 5.75 Å². The molecule has 0 N–H and O–H groups in total. The number of rotatable bonds is 7. The second-order valence-electron chi connectivity index (χ2n) is 8.81. The number of esters is 2. The van der Waals surface area contributed by atoms with E-state index in [1.807, 2.05) is 18.2 Å². The van der Waals surface area contributed by atoms with Gasteiger partial charge in [-0.2, -0.15) is 0 Å². The summed E-state index contributed by atoms with van der Waals surface area (Å²) in [4.78, 5) is 43.3. The molecule has 1 unspecified atom stereocenters. The van der Waals surface area contributed by atoms with E-state index in [2.05, 4.69) is 11.6 Å². The van der Waals surface area contributed by atoms with Crippen LogP contribution in [0.1, 0.15) is 31.2 Å². The van der Waals surface area contributed by atoms with Crippen LogP contribution in [-0.2, 0) is 14.3 Å². The summed E-state index contributed by atoms with van der Waals surface area (Å²) in [6.45, 7) is 6.60. The number of hydrogen-bond donors (Lipinski definition) is 0. The molecule has 1 aliphatic heterocycles. The quantitative estimate of drug-likeness (QED) is 0.178. The first kappa shape index (κ1) is 27.1. The molecule has 0 spiro atoms. The second-order valence-corrected chi connectivity index (χ2v) is 10.2. The molecule has 1 atom stereocenters. The van der Waals surface area contributed by atoms with E-state index in [1.54, 1.807) is 55.5 Å². The van der Waals surface area contributed by atoms with Crippen LogP contribution >= 0.6 is 22.9 Å². The highest BCUT2D eigenvalue weighted by Gasteiger charge is 2.33. The number of carbonyl (C=O) groups excluding carboxylic acids is 2. The summed E-state index contributed by atoms with van der Waals surface area (Å²) in [5.41, 5.74) is 1.65. The van der Waals surface area contributed by atoms with Gasteiger partial charge >= 0.3 is 11.9 Å². The Morgan fingerprint density at radius 2 is 1.90 bits per heavy atom. The first-order valence-electron chi connectivity index (χ1n) is 12.2. The van der Waals surface area contributed by atoms with Gasteiger partial charge in [-0.3, -0.25) is 14.2 Å². The molecular formula is C30H23ClN2O6S. The maximum atomic E-state index is 13.8. The number of fused-ring (bicyclic) bond motifs is 1. The maximum Gasteiger partial charge on any atom is 0.338 e. The molecule has 0 fully saturated rings. The zero-order valence-corrected chi connectivity index (χ0v) is 23.1. The van der Waals surface area contributed by atoms with Crippen molar-refractivity contribution in [3.05, 3.63) is 121 Å². The van der Waals surface area contributed by atoms with Crippen LogP contribution in [0.4, 0.5) is 0 Å². The zero-order valence-electron chi connectivity index (χ0n) is 21.5. The molecule has 0 radical (unpaired) electrons. The average molecular weight is 575 g/mol. The number of nitrogens with zero attached hydrogens (tertiary/aromatic N) is 2. The van der Waals surface area contributed by atoms with Crippen molar-refractivity contribution >= 4 is 41.0 Å². The third kappa shape index (κ3) is 5.34. The molecule has 0 saturated carbocycles. The standard InChI is InChI=1S/C30H23ClN2O6S/c1-4-15-37-29(36)26-17(2)32-30-33(27(26)19-9-11-20(12-10-19)38-18(3)34)28(35)25(40-30)16-21-13-14-24(39-21)22-7-5-6-8-23(22)31/h4-14,16,27H,1,15H2,2-3H3/b25-16-. The molecule has 0 aliphatic carbocycles. The summed E-state index contributed by atoms with van der Waals surface area (Å²) in [7, 11) is 0. The van der Waals surface area contributed by atoms with E-state index < -0.39 is 18.0 Å². The number of carbonyl (C=O) groups is 2. The van der Waals surface area contributed by atoms with E-state index in [-0.39, 0.29) is 17.7 Å². The second kappa shape index (κ2) is 11.3. The smallest absolute Gasteiger partial charge is 0.338 e. The number of benzene rings is 2. The van der Waals surface area contributed by atoms with Crippen molar-refractivity contribution in [3.8, 4) is 17.1 Å². The van der Waals surface area contributed by atoms with E-state index in [4.69, 9.17) is 25.5 Å². The van der Waals surface area contributed by atoms with Gasteiger partial charge in [-0.05, 0) is 48.9 Å². The van der Waals surface area contributed by atoms with Crippen molar-refractivity contribution < 1.29 is 23.5 Å². The topological polar surface area (TPSA) is 100 Å². The van der Waals surface area contributed by atoms with E-state index in [9.17, 15) is 14.4 Å². The number of furan rings is 1. The van der Waals surface area contributed by atoms with Gasteiger partial charge in [-0.25, -0.2) is 9.79 Å². The minimum Gasteiger partial charge on any atom is -0.458 e. The van der Waals surface area contributed by atoms with Gasteiger partial charge in [0.15, 0.2) is 4.80 Å². The molecule has 0 saturated heterocycles. The molecule has 1 aliphatic rings. The minimum atomic E-state index is -0.822. The first-order chi connectivity index (χ1) is 19.3. The first-order valence-corrected chi connectivity index (χ1v) is 13.4. The molecule has 8 nitrogen and oxygen atoms in total. The lowest BCUT2D eigenvalue weighted by atomic mass is 9.96. The predicted octanol–water partition coefficient (Wildman–Crippen LogP) is 4.80. The lowest BCUT2D eigenvalue weighted by molar-refractivity contribution is -0.138. The molecule has 4 aromatic rings. The van der Waals surface area contributed by atoms with Crippen LogP contribution in [0.2, 0.25) is 5.02 Å². The third-order valence-corrected chi connectivity index (χ3v) is 7.38. The van der Waals surface area contributed by atoms with Crippen molar-refractivity contribution in [1.29, 1.82) is 0 Å². The molecule has 3 heterocycles. The molecule has 10 heteroatoms. The lowest BCUT2D eigenvalue weighted by Crippen LogP contribution is -2.39. The van der Waals surface area contributed by atoms with E-state index >= 15 is 0 Å². The summed E-state index contributed by atoms with van der Waals surface area (Å²) >= 11 is 7.49. The van der Waals surface area contributed by atoms with Crippen LogP contribution < -0.4 is 19.6 Å². The summed E-state index contributed by atoms with van der Waals surface area (Å²) in [6, 6.07) is 16.6. The fourth-order valence-electron chi connectivity index (χ4n) is 4.36. The Morgan fingerprint density at radius 3 is 2.60 bits per heavy atom. The van der Waals surface area contributed by atoms with Gasteiger partial charge < -0.3 is 13.9 Å². The van der Waals surface area contributed by atoms with E-state index in [0.29, 0.717) is 42.9 Å². The molecular weight excluding hydrogens is 552 g/mol. The van der Waals surface area contributed by atoms with Gasteiger partial charge in [-0.15, -0.1) is 0 Å². The number of thiazole rings is 1. The average Bonchev–Trinajstić information content (AvgIpc) is 3.51. The Morgan fingerprint density at radius 1 is 1.15 bits per heavy atom. The Balaban J connectivity index is 1.62. The summed E-state index contributed by atoms with van der Waals surface area (Å²) in [5, 5.41) is 0.550. The fraction of sp³-hybridized carbons (Fsp3) is 0.133. The van der Waals surface area contributed by atoms with Crippen molar-refractivity contribution in [2.24, 2.45) is 4.99 Å². The summed E-state index contributed by atoms with van der Waals surface area (Å²) in [5.74, 6) is 0.301. The minimum absolute atomic E-state index is 0.00437. The maximum absolute atomic E-state index is 13.8. The highest BCUT2D eigenvalue weighted by Crippen LogP contribution is 2.32. The Labute approximate surface area is 237 Å². The van der Waals surface area contributed by atoms with E-state index in [0.717, 1.165) is 5.56 Å². The third-order valence-electron chi connectivity index (χ3n) is 6.07. The van der Waals surface area contributed by atoms with Crippen molar-refractivity contribution in [1.82, 2.24) is 4.57 Å². The molecule has 202 valence electrons. The van der Waals surface area contributed by atoms with E-state index in [1.165, 1.54) is 28.9 Å². The number of allylic oxidation sites excluding steroid dienone is 1. The number of hydrogen-bond acceptors (Lipinski definition) is 8. The van der Waals surface area contributed by atoms with Gasteiger partial charge in [0.2, 0.25) is 0 Å². The van der Waals surface area contributed by atoms with Gasteiger partial charge in [0.05, 0.1) is 26.9 Å². The summed E-state index contributed by atoms with van der Waals surface area (Å²) < 4.78 is 18.3. The normalized spacial score (nSPS) is 14.9. The monoisotopic (exact) mass is 574 g/mol. The van der Waals surface area contributed by atoms with Crippen LogP contribution in [0.15, 0.2) is 98.8 Å². The molecule has 2 aromatic heterocycles. The Hall–Kier alpha value is -4.47. The van der Waals surface area contributed by atoms with Gasteiger partial charge in [0.1, 0.15) is 23.9 Å². The lowest BCUT2D eigenvalue weighted by Gasteiger charge is -2.24. The molecule has 2 aromatic carbocycles. The van der Waals surface area contributed by atoms with Gasteiger partial charge in [0.25, 0.3) is 5.56 Å².